The number of nitrogens with one attached hydrogen (secondary N) is 1. The van der Waals surface area contributed by atoms with Crippen LogP contribution >= 0.6 is 0 Å². The number of amides is 3. The number of rotatable bonds is 10. The molecule has 3 N–H and O–H groups in total. The second-order valence-electron chi connectivity index (χ2n) is 7.04. The van der Waals surface area contributed by atoms with Crippen molar-refractivity contribution in [2.75, 3.05) is 20.2 Å². The molecule has 0 aromatic heterocycles. The van der Waals surface area contributed by atoms with Crippen molar-refractivity contribution < 1.29 is 45.0 Å². The minimum Gasteiger partial charge on any atom is -0.542 e. The summed E-state index contributed by atoms with van der Waals surface area (Å²) in [6, 6.07) is 0. The molecule has 8 nitrogen and oxygen atoms in total. The first-order valence-corrected chi connectivity index (χ1v) is 8.47. The Balaban J connectivity index is -0.00000151. The minimum absolute atomic E-state index is 0. The number of imide groups is 1. The standard InChI is InChI=1S/C17H25N2O5.CH5N.CH3.W/c1-16(2,12-24-17(3,4)9-5-11-20)18-13(21)8-10-19-14(22)6-7-15(19)23;1-2;;/h6-7H,5,8-10,12H2,1-4H3,(H,18,21);2H2,1H3;1H3;/q-1;;-1;+2. The first-order chi connectivity index (χ1) is 12.1. The van der Waals surface area contributed by atoms with Gasteiger partial charge in [0, 0.05) is 25.1 Å². The van der Waals surface area contributed by atoms with Crippen molar-refractivity contribution in [1.29, 1.82) is 0 Å². The van der Waals surface area contributed by atoms with Gasteiger partial charge in [0.05, 0.1) is 17.7 Å². The Labute approximate surface area is 182 Å². The van der Waals surface area contributed by atoms with E-state index in [2.05, 4.69) is 11.1 Å². The summed E-state index contributed by atoms with van der Waals surface area (Å²) < 4.78 is 5.79. The third-order valence-electron chi connectivity index (χ3n) is 3.59. The molecule has 3 amide bonds. The van der Waals surface area contributed by atoms with Crippen LogP contribution < -0.4 is 11.1 Å². The average molecular weight is 567 g/mol. The van der Waals surface area contributed by atoms with Crippen LogP contribution in [0.15, 0.2) is 12.2 Å². The number of carbonyl (C=O) groups excluding carboxylic acids is 4. The van der Waals surface area contributed by atoms with Crippen molar-refractivity contribution in [3.63, 3.8) is 0 Å². The largest absolute Gasteiger partial charge is 2.00 e. The molecule has 0 spiro atoms. The van der Waals surface area contributed by atoms with Crippen LogP contribution in [0.2, 0.25) is 0 Å². The van der Waals surface area contributed by atoms with Crippen LogP contribution in [-0.4, -0.2) is 60.2 Å². The average Bonchev–Trinajstić information content (AvgIpc) is 2.89. The molecule has 0 radical (unpaired) electrons. The number of ether oxygens (including phenoxy) is 1. The molecule has 9 heteroatoms. The Morgan fingerprint density at radius 2 is 1.68 bits per heavy atom. The quantitative estimate of drug-likeness (QED) is 0.299. The van der Waals surface area contributed by atoms with Crippen LogP contribution in [0.5, 0.6) is 0 Å². The van der Waals surface area contributed by atoms with Gasteiger partial charge in [-0.1, -0.05) is 0 Å². The van der Waals surface area contributed by atoms with E-state index in [9.17, 15) is 19.2 Å². The van der Waals surface area contributed by atoms with E-state index in [-0.39, 0.29) is 54.0 Å². The second kappa shape index (κ2) is 14.6. The van der Waals surface area contributed by atoms with Gasteiger partial charge in [0.25, 0.3) is 11.8 Å². The second-order valence-corrected chi connectivity index (χ2v) is 7.04. The normalized spacial score (nSPS) is 13.1. The van der Waals surface area contributed by atoms with Gasteiger partial charge in [-0.3, -0.25) is 25.6 Å². The summed E-state index contributed by atoms with van der Waals surface area (Å²) in [7, 11) is 1.50. The first-order valence-electron chi connectivity index (χ1n) is 8.47. The van der Waals surface area contributed by atoms with E-state index in [1.54, 1.807) is 0 Å². The van der Waals surface area contributed by atoms with Crippen molar-refractivity contribution in [2.45, 2.75) is 58.1 Å². The topological polar surface area (TPSA) is 119 Å². The molecule has 0 aliphatic carbocycles. The van der Waals surface area contributed by atoms with Crippen LogP contribution in [-0.2, 0) is 45.0 Å². The van der Waals surface area contributed by atoms with Crippen LogP contribution in [0.3, 0.4) is 0 Å². The molecule has 0 aromatic rings. The minimum atomic E-state index is -0.615. The number of hydrogen-bond donors (Lipinski definition) is 2. The maximum atomic E-state index is 12.0. The summed E-state index contributed by atoms with van der Waals surface area (Å²) in [6.07, 6.45) is 5.10. The number of carbonyl (C=O) groups is 3. The molecular weight excluding hydrogens is 534 g/mol. The van der Waals surface area contributed by atoms with Gasteiger partial charge in [0.1, 0.15) is 0 Å². The van der Waals surface area contributed by atoms with Crippen LogP contribution in [0, 0.1) is 7.43 Å². The summed E-state index contributed by atoms with van der Waals surface area (Å²) >= 11 is 0. The summed E-state index contributed by atoms with van der Waals surface area (Å²) in [4.78, 5) is 46.2. The van der Waals surface area contributed by atoms with Gasteiger partial charge in [0.15, 0.2) is 0 Å². The SMILES string of the molecule is CC(C)(COC(C)(C)CC[C-]=O)NC(=O)CCN1C(=O)C=CC1=O.CN.[CH3-].[W+2]. The van der Waals surface area contributed by atoms with E-state index in [1.807, 2.05) is 34.0 Å². The zero-order valence-corrected chi connectivity index (χ0v) is 20.6. The van der Waals surface area contributed by atoms with E-state index in [1.165, 1.54) is 19.2 Å². The van der Waals surface area contributed by atoms with Gasteiger partial charge < -0.3 is 28.0 Å². The van der Waals surface area contributed by atoms with Crippen molar-refractivity contribution in [3.05, 3.63) is 19.6 Å². The van der Waals surface area contributed by atoms with Gasteiger partial charge in [0.2, 0.25) is 5.91 Å². The Hall–Kier alpha value is -1.37. The summed E-state index contributed by atoms with van der Waals surface area (Å²) in [5, 5.41) is 2.83. The molecule has 1 heterocycles. The van der Waals surface area contributed by atoms with Crippen molar-refractivity contribution in [1.82, 2.24) is 10.2 Å². The van der Waals surface area contributed by atoms with E-state index in [0.717, 1.165) is 4.90 Å². The molecule has 160 valence electrons. The molecule has 1 rings (SSSR count). The summed E-state index contributed by atoms with van der Waals surface area (Å²) in [5.41, 5.74) is 3.40. The van der Waals surface area contributed by atoms with Gasteiger partial charge >= 0.3 is 21.1 Å². The molecule has 0 aromatic carbocycles. The van der Waals surface area contributed by atoms with Crippen molar-refractivity contribution in [2.24, 2.45) is 5.73 Å². The van der Waals surface area contributed by atoms with Crippen LogP contribution in [0.4, 0.5) is 0 Å². The Morgan fingerprint density at radius 3 is 2.14 bits per heavy atom. The maximum absolute atomic E-state index is 12.0. The van der Waals surface area contributed by atoms with Crippen molar-refractivity contribution in [3.8, 4) is 0 Å². The molecule has 0 fully saturated rings. The Bertz CT molecular complexity index is 530. The molecule has 0 saturated carbocycles. The molecule has 1 aliphatic heterocycles. The molecule has 0 saturated heterocycles. The molecule has 0 unspecified atom stereocenters. The monoisotopic (exact) mass is 567 g/mol. The van der Waals surface area contributed by atoms with Crippen molar-refractivity contribution >= 4 is 24.0 Å². The Kier molecular flexibility index (Phi) is 16.3. The first kappa shape index (κ1) is 31.3. The molecule has 0 atom stereocenters. The third kappa shape index (κ3) is 12.2. The fourth-order valence-electron chi connectivity index (χ4n) is 2.14. The predicted octanol–water partition coefficient (Wildman–Crippen LogP) is 0.904. The predicted molar refractivity (Wildman–Crippen MR) is 104 cm³/mol. The van der Waals surface area contributed by atoms with E-state index < -0.39 is 23.0 Å². The number of nitrogens with zero attached hydrogens (tertiary/aromatic N) is 1. The molecule has 0 bridgehead atoms. The van der Waals surface area contributed by atoms with E-state index in [0.29, 0.717) is 12.8 Å². The maximum Gasteiger partial charge on any atom is 2.00 e. The van der Waals surface area contributed by atoms with E-state index >= 15 is 0 Å². The smallest absolute Gasteiger partial charge is 0.542 e. The van der Waals surface area contributed by atoms with Gasteiger partial charge in [-0.05, 0) is 41.2 Å². The molecular formula is C19H33N3O5W. The van der Waals surface area contributed by atoms with Gasteiger partial charge in [-0.25, -0.2) is 0 Å². The molecule has 28 heavy (non-hydrogen) atoms. The molecule has 1 aliphatic rings. The third-order valence-corrected chi connectivity index (χ3v) is 3.59. The fraction of sp³-hybridized carbons (Fsp3) is 0.632. The fourth-order valence-corrected chi connectivity index (χ4v) is 2.14. The number of nitrogens with two attached hydrogens (primary N) is 1. The van der Waals surface area contributed by atoms with Gasteiger partial charge in [-0.15, -0.1) is 6.42 Å². The summed E-state index contributed by atoms with van der Waals surface area (Å²) in [6.45, 7) is 7.71. The van der Waals surface area contributed by atoms with Gasteiger partial charge in [-0.2, -0.15) is 0 Å². The van der Waals surface area contributed by atoms with E-state index in [4.69, 9.17) is 4.74 Å². The number of hydrogen-bond acceptors (Lipinski definition) is 6. The zero-order valence-electron chi connectivity index (χ0n) is 17.7. The summed E-state index contributed by atoms with van der Waals surface area (Å²) in [5.74, 6) is -1.07. The zero-order chi connectivity index (χ0) is 20.4. The van der Waals surface area contributed by atoms with Crippen LogP contribution in [0.1, 0.15) is 47.0 Å². The Morgan fingerprint density at radius 1 is 1.18 bits per heavy atom. The van der Waals surface area contributed by atoms with Crippen LogP contribution in [0.25, 0.3) is 0 Å².